The second-order valence-corrected chi connectivity index (χ2v) is 7.89. The minimum absolute atomic E-state index is 0.356. The Morgan fingerprint density at radius 2 is 1.91 bits per heavy atom. The number of hydrogen-bond acceptors (Lipinski definition) is 4. The van der Waals surface area contributed by atoms with Crippen LogP contribution in [0.15, 0.2) is 71.4 Å². The van der Waals surface area contributed by atoms with Gasteiger partial charge in [0, 0.05) is 33.8 Å². The maximum atomic E-state index is 13.5. The summed E-state index contributed by atoms with van der Waals surface area (Å²) in [4.78, 5) is 12.6. The number of halogens is 1. The van der Waals surface area contributed by atoms with Crippen LogP contribution >= 0.6 is 0 Å². The molecule has 174 valence electrons. The summed E-state index contributed by atoms with van der Waals surface area (Å²) in [6.07, 6.45) is 3.22. The third-order valence-corrected chi connectivity index (χ3v) is 5.60. The Morgan fingerprint density at radius 3 is 2.59 bits per heavy atom. The largest absolute Gasteiger partial charge is 0.497 e. The fourth-order valence-corrected chi connectivity index (χ4v) is 3.95. The summed E-state index contributed by atoms with van der Waals surface area (Å²) >= 11 is 0. The minimum Gasteiger partial charge on any atom is -0.497 e. The highest BCUT2D eigenvalue weighted by atomic mass is 19.1. The van der Waals surface area contributed by atoms with Crippen LogP contribution in [0, 0.1) is 12.7 Å². The van der Waals surface area contributed by atoms with Crippen LogP contribution in [0.25, 0.3) is 27.7 Å². The standard InChI is InChI=1S/C28H26FNO4/c1-5-33-27-18(3)28-24(25(16-34-28)19-9-11-22(32-4)12-10-19)15-23(27)17(2)13-26(31)30-21-8-6-7-20(29)14-21/h6-16H,5H2,1-4H3,(H,30,31)/b17-13+. The Hall–Kier alpha value is -4.06. The number of ether oxygens (including phenoxy) is 2. The molecule has 0 spiro atoms. The highest BCUT2D eigenvalue weighted by Crippen LogP contribution is 2.41. The second-order valence-electron chi connectivity index (χ2n) is 7.89. The summed E-state index contributed by atoms with van der Waals surface area (Å²) in [7, 11) is 1.63. The zero-order chi connectivity index (χ0) is 24.2. The van der Waals surface area contributed by atoms with Gasteiger partial charge in [-0.25, -0.2) is 4.39 Å². The fraction of sp³-hybridized carbons (Fsp3) is 0.179. The topological polar surface area (TPSA) is 60.7 Å². The number of methoxy groups -OCH3 is 1. The number of anilines is 1. The molecule has 0 atom stereocenters. The molecule has 4 aromatic rings. The van der Waals surface area contributed by atoms with Crippen LogP contribution < -0.4 is 14.8 Å². The summed E-state index contributed by atoms with van der Waals surface area (Å²) in [5.74, 6) is 0.670. The van der Waals surface area contributed by atoms with E-state index in [0.717, 1.165) is 39.0 Å². The molecule has 0 bridgehead atoms. The van der Waals surface area contributed by atoms with Gasteiger partial charge in [0.1, 0.15) is 22.9 Å². The van der Waals surface area contributed by atoms with Gasteiger partial charge in [-0.05, 0) is 68.3 Å². The van der Waals surface area contributed by atoms with E-state index in [1.54, 1.807) is 25.5 Å². The van der Waals surface area contributed by atoms with Gasteiger partial charge in [0.2, 0.25) is 5.91 Å². The Kier molecular flexibility index (Phi) is 6.68. The van der Waals surface area contributed by atoms with E-state index in [0.29, 0.717) is 23.6 Å². The maximum Gasteiger partial charge on any atom is 0.248 e. The molecule has 0 fully saturated rings. The lowest BCUT2D eigenvalue weighted by Gasteiger charge is -2.15. The minimum atomic E-state index is -0.413. The number of benzene rings is 3. The van der Waals surface area contributed by atoms with Crippen molar-refractivity contribution in [3.63, 3.8) is 0 Å². The van der Waals surface area contributed by atoms with E-state index >= 15 is 0 Å². The van der Waals surface area contributed by atoms with Crippen molar-refractivity contribution in [1.29, 1.82) is 0 Å². The van der Waals surface area contributed by atoms with E-state index < -0.39 is 5.82 Å². The molecule has 0 saturated carbocycles. The number of allylic oxidation sites excluding steroid dienone is 1. The molecule has 4 rings (SSSR count). The number of carbonyl (C=O) groups is 1. The molecule has 6 heteroatoms. The van der Waals surface area contributed by atoms with Crippen molar-refractivity contribution in [3.8, 4) is 22.6 Å². The first-order chi connectivity index (χ1) is 16.4. The van der Waals surface area contributed by atoms with Crippen molar-refractivity contribution in [1.82, 2.24) is 0 Å². The van der Waals surface area contributed by atoms with Crippen LogP contribution in [0.4, 0.5) is 10.1 Å². The van der Waals surface area contributed by atoms with Gasteiger partial charge >= 0.3 is 0 Å². The smallest absolute Gasteiger partial charge is 0.248 e. The Balaban J connectivity index is 1.77. The van der Waals surface area contributed by atoms with Gasteiger partial charge in [-0.1, -0.05) is 18.2 Å². The van der Waals surface area contributed by atoms with E-state index in [2.05, 4.69) is 5.32 Å². The lowest BCUT2D eigenvalue weighted by atomic mass is 9.96. The van der Waals surface area contributed by atoms with E-state index in [4.69, 9.17) is 13.9 Å². The van der Waals surface area contributed by atoms with Crippen molar-refractivity contribution in [2.45, 2.75) is 20.8 Å². The number of amides is 1. The zero-order valence-corrected chi connectivity index (χ0v) is 19.6. The third-order valence-electron chi connectivity index (χ3n) is 5.60. The lowest BCUT2D eigenvalue weighted by Crippen LogP contribution is -2.09. The molecule has 3 aromatic carbocycles. The molecule has 0 aliphatic heterocycles. The fourth-order valence-electron chi connectivity index (χ4n) is 3.95. The normalized spacial score (nSPS) is 11.5. The lowest BCUT2D eigenvalue weighted by molar-refractivity contribution is -0.111. The van der Waals surface area contributed by atoms with Gasteiger partial charge in [-0.15, -0.1) is 0 Å². The first-order valence-corrected chi connectivity index (χ1v) is 11.0. The van der Waals surface area contributed by atoms with Crippen LogP contribution in [0.5, 0.6) is 11.5 Å². The van der Waals surface area contributed by atoms with Crippen molar-refractivity contribution in [3.05, 3.63) is 83.9 Å². The molecule has 0 unspecified atom stereocenters. The first kappa shape index (κ1) is 23.1. The van der Waals surface area contributed by atoms with Crippen LogP contribution in [0.2, 0.25) is 0 Å². The third kappa shape index (κ3) is 4.66. The molecule has 0 saturated heterocycles. The molecule has 0 radical (unpaired) electrons. The number of carbonyl (C=O) groups excluding carboxylic acids is 1. The van der Waals surface area contributed by atoms with Gasteiger partial charge in [0.05, 0.1) is 20.0 Å². The van der Waals surface area contributed by atoms with Crippen LogP contribution in [-0.4, -0.2) is 19.6 Å². The maximum absolute atomic E-state index is 13.5. The number of fused-ring (bicyclic) bond motifs is 1. The van der Waals surface area contributed by atoms with E-state index in [-0.39, 0.29) is 5.91 Å². The van der Waals surface area contributed by atoms with Gasteiger partial charge in [0.25, 0.3) is 0 Å². The van der Waals surface area contributed by atoms with Gasteiger partial charge in [0.15, 0.2) is 0 Å². The molecule has 1 heterocycles. The Bertz CT molecular complexity index is 1370. The van der Waals surface area contributed by atoms with Gasteiger partial charge in [-0.3, -0.25) is 4.79 Å². The molecule has 0 aliphatic carbocycles. The van der Waals surface area contributed by atoms with E-state index in [1.807, 2.05) is 51.1 Å². The van der Waals surface area contributed by atoms with E-state index in [1.165, 1.54) is 18.2 Å². The SMILES string of the molecule is CCOc1c(/C(C)=C/C(=O)Nc2cccc(F)c2)cc2c(-c3ccc(OC)cc3)coc2c1C. The van der Waals surface area contributed by atoms with Gasteiger partial charge < -0.3 is 19.2 Å². The predicted octanol–water partition coefficient (Wildman–Crippen LogP) is 7.00. The number of aryl methyl sites for hydroxylation is 1. The average Bonchev–Trinajstić information content (AvgIpc) is 3.25. The summed E-state index contributed by atoms with van der Waals surface area (Å²) in [5.41, 5.74) is 5.40. The highest BCUT2D eigenvalue weighted by molar-refractivity contribution is 6.06. The summed E-state index contributed by atoms with van der Waals surface area (Å²) in [6.45, 7) is 6.17. The first-order valence-electron chi connectivity index (χ1n) is 11.0. The molecule has 1 N–H and O–H groups in total. The summed E-state index contributed by atoms with van der Waals surface area (Å²) < 4.78 is 30.6. The predicted molar refractivity (Wildman–Crippen MR) is 133 cm³/mol. The zero-order valence-electron chi connectivity index (χ0n) is 19.6. The number of rotatable bonds is 7. The van der Waals surface area contributed by atoms with Crippen molar-refractivity contribution < 1.29 is 23.1 Å². The van der Waals surface area contributed by atoms with E-state index in [9.17, 15) is 9.18 Å². The number of furan rings is 1. The summed E-state index contributed by atoms with van der Waals surface area (Å²) in [6, 6.07) is 15.5. The highest BCUT2D eigenvalue weighted by Gasteiger charge is 2.19. The van der Waals surface area contributed by atoms with Gasteiger partial charge in [-0.2, -0.15) is 0 Å². The van der Waals surface area contributed by atoms with Crippen molar-refractivity contribution >= 4 is 28.1 Å². The molecule has 34 heavy (non-hydrogen) atoms. The molecular weight excluding hydrogens is 433 g/mol. The number of nitrogens with one attached hydrogen (secondary N) is 1. The van der Waals surface area contributed by atoms with Crippen LogP contribution in [-0.2, 0) is 4.79 Å². The Labute approximate surface area is 197 Å². The summed E-state index contributed by atoms with van der Waals surface area (Å²) in [5, 5.41) is 3.62. The van der Waals surface area contributed by atoms with Crippen molar-refractivity contribution in [2.75, 3.05) is 19.0 Å². The molecule has 1 aromatic heterocycles. The Morgan fingerprint density at radius 1 is 1.15 bits per heavy atom. The van der Waals surface area contributed by atoms with Crippen LogP contribution in [0.1, 0.15) is 25.0 Å². The molecule has 0 aliphatic rings. The monoisotopic (exact) mass is 459 g/mol. The second kappa shape index (κ2) is 9.83. The number of hydrogen-bond donors (Lipinski definition) is 1. The quantitative estimate of drug-likeness (QED) is 0.302. The van der Waals surface area contributed by atoms with Crippen LogP contribution in [0.3, 0.4) is 0 Å². The molecule has 5 nitrogen and oxygen atoms in total. The molecular formula is C28H26FNO4. The average molecular weight is 460 g/mol. The van der Waals surface area contributed by atoms with Crippen molar-refractivity contribution in [2.24, 2.45) is 0 Å². The molecule has 1 amide bonds.